The summed E-state index contributed by atoms with van der Waals surface area (Å²) in [6.07, 6.45) is 6.04. The van der Waals surface area contributed by atoms with Crippen molar-refractivity contribution in [1.82, 2.24) is 0 Å². The molecule has 0 saturated heterocycles. The second-order valence-corrected chi connectivity index (χ2v) is 7.42. The smallest absolute Gasteiger partial charge is 0.331 e. The zero-order chi connectivity index (χ0) is 23.1. The van der Waals surface area contributed by atoms with Gasteiger partial charge in [-0.25, -0.2) is 4.79 Å². The van der Waals surface area contributed by atoms with Crippen molar-refractivity contribution >= 4 is 17.4 Å². The van der Waals surface area contributed by atoms with Crippen LogP contribution >= 0.6 is 0 Å². The average molecular weight is 428 g/mol. The average Bonchev–Trinajstić information content (AvgIpc) is 2.73. The first-order chi connectivity index (χ1) is 14.8. The number of methoxy groups -OCH3 is 2. The topological polar surface area (TPSA) is 110 Å². The van der Waals surface area contributed by atoms with Crippen LogP contribution in [0, 0.1) is 0 Å². The van der Waals surface area contributed by atoms with Gasteiger partial charge in [-0.15, -0.1) is 0 Å². The minimum absolute atomic E-state index is 0.191. The minimum Gasteiger partial charge on any atom is -0.496 e. The van der Waals surface area contributed by atoms with E-state index in [0.717, 1.165) is 11.1 Å². The first-order valence-electron chi connectivity index (χ1n) is 9.68. The largest absolute Gasteiger partial charge is 0.496 e. The van der Waals surface area contributed by atoms with Gasteiger partial charge in [0.1, 0.15) is 29.0 Å². The molecule has 1 aromatic rings. The molecule has 1 atom stereocenters. The van der Waals surface area contributed by atoms with Crippen LogP contribution in [-0.2, 0) is 9.53 Å². The van der Waals surface area contributed by atoms with E-state index in [-0.39, 0.29) is 11.4 Å². The van der Waals surface area contributed by atoms with E-state index in [1.165, 1.54) is 32.4 Å². The molecular weight excluding hydrogens is 400 g/mol. The fourth-order valence-electron chi connectivity index (χ4n) is 3.26. The van der Waals surface area contributed by atoms with Gasteiger partial charge in [0.25, 0.3) is 0 Å². The number of benzene rings is 1. The number of fused-ring (bicyclic) bond motifs is 1. The molecule has 1 aliphatic carbocycles. The lowest BCUT2D eigenvalue weighted by atomic mass is 9.88. The third kappa shape index (κ3) is 5.33. The van der Waals surface area contributed by atoms with Gasteiger partial charge in [0, 0.05) is 18.1 Å². The number of carbonyl (C=O) groups is 1. The first-order valence-corrected chi connectivity index (χ1v) is 9.68. The molecule has 1 aromatic carbocycles. The molecule has 1 unspecified atom stereocenters. The Morgan fingerprint density at radius 3 is 2.10 bits per heavy atom. The maximum atomic E-state index is 12.4. The van der Waals surface area contributed by atoms with Crippen LogP contribution in [0.2, 0.25) is 0 Å². The lowest BCUT2D eigenvalue weighted by Gasteiger charge is -2.25. The summed E-state index contributed by atoms with van der Waals surface area (Å²) in [5, 5.41) is 25.7. The normalized spacial score (nSPS) is 15.8. The van der Waals surface area contributed by atoms with Gasteiger partial charge in [-0.1, -0.05) is 27.5 Å². The van der Waals surface area contributed by atoms with Crippen molar-refractivity contribution in [3.63, 3.8) is 0 Å². The molecule has 0 aromatic heterocycles. The molecule has 1 aliphatic rings. The van der Waals surface area contributed by atoms with E-state index in [1.807, 2.05) is 19.9 Å². The van der Waals surface area contributed by atoms with Crippen LogP contribution < -0.4 is 9.47 Å². The number of carbonyl (C=O) groups excluding carboxylic acids is 1. The lowest BCUT2D eigenvalue weighted by Crippen LogP contribution is -2.19. The van der Waals surface area contributed by atoms with E-state index in [0.29, 0.717) is 34.6 Å². The summed E-state index contributed by atoms with van der Waals surface area (Å²) in [6, 6.07) is 1.68. The van der Waals surface area contributed by atoms with Gasteiger partial charge >= 0.3 is 5.97 Å². The van der Waals surface area contributed by atoms with E-state index >= 15 is 0 Å². The number of esters is 1. The summed E-state index contributed by atoms with van der Waals surface area (Å²) < 4.78 is 17.0. The Bertz CT molecular complexity index is 994. The molecule has 0 aliphatic heterocycles. The van der Waals surface area contributed by atoms with Crippen molar-refractivity contribution in [1.29, 1.82) is 0 Å². The first kappa shape index (κ1) is 23.7. The third-order valence-electron chi connectivity index (χ3n) is 4.58. The van der Waals surface area contributed by atoms with Gasteiger partial charge in [-0.3, -0.25) is 0 Å². The Kier molecular flexibility index (Phi) is 8.01. The predicted molar refractivity (Wildman–Crippen MR) is 118 cm³/mol. The van der Waals surface area contributed by atoms with Gasteiger partial charge in [0.15, 0.2) is 0 Å². The number of ether oxygens (including phenoxy) is 3. The van der Waals surface area contributed by atoms with E-state index in [2.05, 4.69) is 10.3 Å². The van der Waals surface area contributed by atoms with Crippen molar-refractivity contribution in [2.45, 2.75) is 40.2 Å². The Balaban J connectivity index is 2.79. The molecule has 2 N–H and O–H groups in total. The number of allylic oxidation sites excluding steroid dienone is 4. The predicted octanol–water partition coefficient (Wildman–Crippen LogP) is 4.54. The molecule has 0 radical (unpaired) electrons. The zero-order valence-corrected chi connectivity index (χ0v) is 18.6. The monoisotopic (exact) mass is 428 g/mol. The number of nitrogens with zero attached hydrogens (tertiary/aromatic N) is 2. The number of rotatable bonds is 7. The van der Waals surface area contributed by atoms with Crippen molar-refractivity contribution in [3.05, 3.63) is 58.2 Å². The van der Waals surface area contributed by atoms with Crippen LogP contribution in [-0.4, -0.2) is 42.0 Å². The standard InChI is InChI=1S/C23H28N2O6/c1-13(2)7-10-18(31-20(26)11-14(3)4)15-12-19(29-5)21-16(24-27)8-9-17(25-28)22(21)23(15)30-6/h7-9,11-12,18,27-28H,10H2,1-6H3/b24-16+,25-17+. The van der Waals surface area contributed by atoms with Crippen molar-refractivity contribution in [3.8, 4) is 11.5 Å². The maximum absolute atomic E-state index is 12.4. The molecule has 8 nitrogen and oxygen atoms in total. The van der Waals surface area contributed by atoms with Crippen LogP contribution in [0.4, 0.5) is 0 Å². The van der Waals surface area contributed by atoms with Crippen LogP contribution in [0.1, 0.15) is 56.9 Å². The van der Waals surface area contributed by atoms with Crippen molar-refractivity contribution in [2.24, 2.45) is 10.3 Å². The van der Waals surface area contributed by atoms with E-state index in [4.69, 9.17) is 14.2 Å². The van der Waals surface area contributed by atoms with E-state index in [1.54, 1.807) is 19.9 Å². The van der Waals surface area contributed by atoms with Crippen LogP contribution in [0.3, 0.4) is 0 Å². The van der Waals surface area contributed by atoms with Gasteiger partial charge in [-0.2, -0.15) is 0 Å². The molecule has 0 spiro atoms. The highest BCUT2D eigenvalue weighted by Gasteiger charge is 2.31. The number of hydrogen-bond donors (Lipinski definition) is 2. The summed E-state index contributed by atoms with van der Waals surface area (Å²) >= 11 is 0. The molecule has 0 amide bonds. The van der Waals surface area contributed by atoms with E-state index in [9.17, 15) is 15.2 Å². The number of hydrogen-bond acceptors (Lipinski definition) is 8. The second kappa shape index (κ2) is 10.5. The molecule has 2 rings (SSSR count). The second-order valence-electron chi connectivity index (χ2n) is 7.42. The Morgan fingerprint density at radius 2 is 1.61 bits per heavy atom. The highest BCUT2D eigenvalue weighted by atomic mass is 16.5. The summed E-state index contributed by atoms with van der Waals surface area (Å²) in [5.41, 5.74) is 3.57. The highest BCUT2D eigenvalue weighted by Crippen LogP contribution is 2.42. The van der Waals surface area contributed by atoms with Crippen LogP contribution in [0.5, 0.6) is 11.5 Å². The fourth-order valence-corrected chi connectivity index (χ4v) is 3.26. The van der Waals surface area contributed by atoms with Crippen molar-refractivity contribution in [2.75, 3.05) is 14.2 Å². The van der Waals surface area contributed by atoms with Crippen LogP contribution in [0.25, 0.3) is 0 Å². The summed E-state index contributed by atoms with van der Waals surface area (Å²) in [4.78, 5) is 12.4. The number of oxime groups is 2. The van der Waals surface area contributed by atoms with Crippen molar-refractivity contribution < 1.29 is 29.4 Å². The van der Waals surface area contributed by atoms with Crippen LogP contribution in [0.15, 0.2) is 51.8 Å². The molecule has 166 valence electrons. The Hall–Kier alpha value is -3.55. The van der Waals surface area contributed by atoms with Gasteiger partial charge < -0.3 is 24.6 Å². The molecular formula is C23H28N2O6. The Morgan fingerprint density at radius 1 is 1.00 bits per heavy atom. The van der Waals surface area contributed by atoms with E-state index < -0.39 is 12.1 Å². The SMILES string of the molecule is COc1cc(C(CC=C(C)C)OC(=O)C=C(C)C)c(OC)c2c1/C(=N/O)C=C/C2=N\O. The molecule has 0 saturated carbocycles. The Labute approximate surface area is 181 Å². The molecule has 31 heavy (non-hydrogen) atoms. The highest BCUT2D eigenvalue weighted by molar-refractivity contribution is 6.27. The van der Waals surface area contributed by atoms with Gasteiger partial charge in [-0.05, 0) is 45.9 Å². The zero-order valence-electron chi connectivity index (χ0n) is 18.6. The molecule has 0 bridgehead atoms. The van der Waals surface area contributed by atoms with Gasteiger partial charge in [0.2, 0.25) is 0 Å². The molecule has 8 heteroatoms. The van der Waals surface area contributed by atoms with Gasteiger partial charge in [0.05, 0.1) is 25.3 Å². The minimum atomic E-state index is -0.701. The lowest BCUT2D eigenvalue weighted by molar-refractivity contribution is -0.143. The summed E-state index contributed by atoms with van der Waals surface area (Å²) in [5.74, 6) is 0.190. The molecule has 0 heterocycles. The quantitative estimate of drug-likeness (QED) is 0.217. The maximum Gasteiger partial charge on any atom is 0.331 e. The summed E-state index contributed by atoms with van der Waals surface area (Å²) in [6.45, 7) is 7.51. The molecule has 0 fully saturated rings. The summed E-state index contributed by atoms with van der Waals surface area (Å²) in [7, 11) is 2.93. The fraction of sp³-hybridized carbons (Fsp3) is 0.348. The third-order valence-corrected chi connectivity index (χ3v) is 4.58.